The number of rotatable bonds is 4. The predicted octanol–water partition coefficient (Wildman–Crippen LogP) is 1.42. The summed E-state index contributed by atoms with van der Waals surface area (Å²) >= 11 is 1.49. The van der Waals surface area contributed by atoms with E-state index in [0.29, 0.717) is 6.54 Å². The Morgan fingerprint density at radius 2 is 2.54 bits per heavy atom. The minimum atomic E-state index is -0.698. The van der Waals surface area contributed by atoms with Gasteiger partial charge in [-0.25, -0.2) is 4.98 Å². The van der Waals surface area contributed by atoms with Crippen molar-refractivity contribution < 1.29 is 9.90 Å². The molecule has 70 valence electrons. The minimum absolute atomic E-state index is 0.496. The maximum Gasteiger partial charge on any atom is 0.311 e. The molecule has 0 saturated heterocycles. The third-order valence-corrected chi connectivity index (χ3v) is 3.05. The molecule has 0 aliphatic heterocycles. The predicted molar refractivity (Wildman–Crippen MR) is 49.9 cm³/mol. The summed E-state index contributed by atoms with van der Waals surface area (Å²) in [7, 11) is 0. The normalized spacial score (nSPS) is 18.2. The highest BCUT2D eigenvalue weighted by molar-refractivity contribution is 7.13. The van der Waals surface area contributed by atoms with E-state index in [1.54, 1.807) is 6.20 Å². The smallest absolute Gasteiger partial charge is 0.311 e. The van der Waals surface area contributed by atoms with Crippen LogP contribution in [0.15, 0.2) is 11.6 Å². The van der Waals surface area contributed by atoms with Gasteiger partial charge in [-0.1, -0.05) is 0 Å². The van der Waals surface area contributed by atoms with Crippen molar-refractivity contribution in [1.82, 2.24) is 4.98 Å². The number of nitrogens with one attached hydrogen (secondary N) is 1. The fourth-order valence-electron chi connectivity index (χ4n) is 1.17. The van der Waals surface area contributed by atoms with E-state index in [0.717, 1.165) is 18.0 Å². The van der Waals surface area contributed by atoms with Crippen LogP contribution in [-0.2, 0) is 4.79 Å². The molecule has 1 fully saturated rings. The summed E-state index contributed by atoms with van der Waals surface area (Å²) < 4.78 is 0. The van der Waals surface area contributed by atoms with Gasteiger partial charge >= 0.3 is 5.97 Å². The Labute approximate surface area is 79.6 Å². The number of aromatic nitrogens is 1. The van der Waals surface area contributed by atoms with Gasteiger partial charge in [0.1, 0.15) is 0 Å². The molecule has 1 aliphatic rings. The molecule has 13 heavy (non-hydrogen) atoms. The molecule has 0 aromatic carbocycles. The fourth-order valence-corrected chi connectivity index (χ4v) is 1.70. The number of anilines is 1. The molecule has 1 aromatic rings. The van der Waals surface area contributed by atoms with Crippen LogP contribution in [0.2, 0.25) is 0 Å². The molecule has 1 aromatic heterocycles. The first kappa shape index (κ1) is 8.50. The summed E-state index contributed by atoms with van der Waals surface area (Å²) in [6, 6.07) is 0. The highest BCUT2D eigenvalue weighted by Gasteiger charge is 2.50. The van der Waals surface area contributed by atoms with Gasteiger partial charge in [-0.15, -0.1) is 11.3 Å². The molecular formula is C8H10N2O2S. The number of thiazole rings is 1. The van der Waals surface area contributed by atoms with Crippen LogP contribution in [0.3, 0.4) is 0 Å². The van der Waals surface area contributed by atoms with Crippen LogP contribution in [0.25, 0.3) is 0 Å². The van der Waals surface area contributed by atoms with Crippen LogP contribution in [0.4, 0.5) is 5.13 Å². The molecule has 0 bridgehead atoms. The average Bonchev–Trinajstić information content (AvgIpc) is 2.73. The second-order valence-electron chi connectivity index (χ2n) is 3.28. The number of hydrogen-bond acceptors (Lipinski definition) is 4. The van der Waals surface area contributed by atoms with Gasteiger partial charge < -0.3 is 10.4 Å². The zero-order chi connectivity index (χ0) is 9.31. The standard InChI is InChI=1S/C8H10N2O2S/c11-6(12)8(1-2-8)5-10-7-9-3-4-13-7/h3-4H,1-2,5H2,(H,9,10)(H,11,12). The van der Waals surface area contributed by atoms with Crippen LogP contribution in [0.5, 0.6) is 0 Å². The van der Waals surface area contributed by atoms with Gasteiger partial charge in [-0.05, 0) is 12.8 Å². The number of carboxylic acids is 1. The topological polar surface area (TPSA) is 62.2 Å². The summed E-state index contributed by atoms with van der Waals surface area (Å²) in [4.78, 5) is 14.8. The van der Waals surface area contributed by atoms with Gasteiger partial charge in [0.2, 0.25) is 0 Å². The first-order valence-corrected chi connectivity index (χ1v) is 4.98. The van der Waals surface area contributed by atoms with Gasteiger partial charge in [0.15, 0.2) is 5.13 Å². The Hall–Kier alpha value is -1.10. The highest BCUT2D eigenvalue weighted by Crippen LogP contribution is 2.45. The Kier molecular flexibility index (Phi) is 1.95. The molecule has 1 saturated carbocycles. The Morgan fingerprint density at radius 1 is 1.77 bits per heavy atom. The molecular weight excluding hydrogens is 188 g/mol. The van der Waals surface area contributed by atoms with Crippen LogP contribution in [0.1, 0.15) is 12.8 Å². The molecule has 0 atom stereocenters. The summed E-state index contributed by atoms with van der Waals surface area (Å²) in [5.74, 6) is -0.698. The molecule has 5 heteroatoms. The zero-order valence-corrected chi connectivity index (χ0v) is 7.80. The van der Waals surface area contributed by atoms with E-state index in [-0.39, 0.29) is 0 Å². The summed E-state index contributed by atoms with van der Waals surface area (Å²) in [5.41, 5.74) is -0.508. The number of aliphatic carboxylic acids is 1. The summed E-state index contributed by atoms with van der Waals surface area (Å²) in [5, 5.41) is 14.6. The Balaban J connectivity index is 1.90. The fraction of sp³-hybridized carbons (Fsp3) is 0.500. The van der Waals surface area contributed by atoms with Crippen molar-refractivity contribution in [2.45, 2.75) is 12.8 Å². The third-order valence-electron chi connectivity index (χ3n) is 2.32. The first-order valence-electron chi connectivity index (χ1n) is 4.10. The molecule has 0 unspecified atom stereocenters. The minimum Gasteiger partial charge on any atom is -0.481 e. The molecule has 1 heterocycles. The van der Waals surface area contributed by atoms with E-state index in [9.17, 15) is 4.79 Å². The second kappa shape index (κ2) is 2.99. The van der Waals surface area contributed by atoms with Gasteiger partial charge in [-0.2, -0.15) is 0 Å². The van der Waals surface area contributed by atoms with E-state index in [4.69, 9.17) is 5.11 Å². The van der Waals surface area contributed by atoms with Crippen molar-refractivity contribution in [2.24, 2.45) is 5.41 Å². The van der Waals surface area contributed by atoms with Crippen molar-refractivity contribution in [3.8, 4) is 0 Å². The summed E-state index contributed by atoms with van der Waals surface area (Å²) in [6.45, 7) is 0.496. The lowest BCUT2D eigenvalue weighted by atomic mass is 10.1. The van der Waals surface area contributed by atoms with E-state index < -0.39 is 11.4 Å². The van der Waals surface area contributed by atoms with Crippen molar-refractivity contribution in [3.05, 3.63) is 11.6 Å². The van der Waals surface area contributed by atoms with Crippen molar-refractivity contribution in [1.29, 1.82) is 0 Å². The quantitative estimate of drug-likeness (QED) is 0.768. The molecule has 0 radical (unpaired) electrons. The number of hydrogen-bond donors (Lipinski definition) is 2. The van der Waals surface area contributed by atoms with Crippen LogP contribution in [-0.4, -0.2) is 22.6 Å². The molecule has 0 amide bonds. The lowest BCUT2D eigenvalue weighted by Gasteiger charge is -2.09. The lowest BCUT2D eigenvalue weighted by Crippen LogP contribution is -2.24. The highest BCUT2D eigenvalue weighted by atomic mass is 32.1. The van der Waals surface area contributed by atoms with Gasteiger partial charge in [0.05, 0.1) is 5.41 Å². The van der Waals surface area contributed by atoms with Crippen LogP contribution in [0, 0.1) is 5.41 Å². The lowest BCUT2D eigenvalue weighted by molar-refractivity contribution is -0.142. The van der Waals surface area contributed by atoms with Gasteiger partial charge in [0, 0.05) is 18.1 Å². The largest absolute Gasteiger partial charge is 0.481 e. The number of carboxylic acid groups (broad SMARTS) is 1. The van der Waals surface area contributed by atoms with E-state index in [1.807, 2.05) is 5.38 Å². The van der Waals surface area contributed by atoms with E-state index in [2.05, 4.69) is 10.3 Å². The van der Waals surface area contributed by atoms with Crippen LogP contribution < -0.4 is 5.32 Å². The SMILES string of the molecule is O=C(O)C1(CNc2nccs2)CC1. The van der Waals surface area contributed by atoms with Crippen molar-refractivity contribution >= 4 is 22.4 Å². The van der Waals surface area contributed by atoms with Gasteiger partial charge in [-0.3, -0.25) is 4.79 Å². The summed E-state index contributed by atoms with van der Waals surface area (Å²) in [6.07, 6.45) is 3.26. The van der Waals surface area contributed by atoms with E-state index in [1.165, 1.54) is 11.3 Å². The zero-order valence-electron chi connectivity index (χ0n) is 6.99. The van der Waals surface area contributed by atoms with E-state index >= 15 is 0 Å². The van der Waals surface area contributed by atoms with Crippen LogP contribution >= 0.6 is 11.3 Å². The molecule has 0 spiro atoms. The molecule has 4 nitrogen and oxygen atoms in total. The molecule has 2 N–H and O–H groups in total. The maximum absolute atomic E-state index is 10.8. The second-order valence-corrected chi connectivity index (χ2v) is 4.17. The maximum atomic E-state index is 10.8. The van der Waals surface area contributed by atoms with Crippen molar-refractivity contribution in [3.63, 3.8) is 0 Å². The third kappa shape index (κ3) is 1.65. The number of carbonyl (C=O) groups is 1. The molecule has 2 rings (SSSR count). The average molecular weight is 198 g/mol. The Bertz CT molecular complexity index is 306. The number of nitrogens with zero attached hydrogens (tertiary/aromatic N) is 1. The first-order chi connectivity index (χ1) is 6.23. The monoisotopic (exact) mass is 198 g/mol. The Morgan fingerprint density at radius 3 is 3.00 bits per heavy atom. The van der Waals surface area contributed by atoms with Crippen molar-refractivity contribution in [2.75, 3.05) is 11.9 Å². The van der Waals surface area contributed by atoms with Gasteiger partial charge in [0.25, 0.3) is 0 Å². The molecule has 1 aliphatic carbocycles.